The van der Waals surface area contributed by atoms with Gasteiger partial charge in [-0.05, 0) is 12.3 Å². The van der Waals surface area contributed by atoms with E-state index in [1.807, 2.05) is 0 Å². The van der Waals surface area contributed by atoms with E-state index >= 15 is 0 Å². The molecule has 0 radical (unpaired) electrons. The zero-order valence-electron chi connectivity index (χ0n) is 16.4. The van der Waals surface area contributed by atoms with Crippen molar-refractivity contribution in [2.45, 2.75) is 80.0 Å². The molecule has 4 nitrogen and oxygen atoms in total. The minimum absolute atomic E-state index is 0.0135. The summed E-state index contributed by atoms with van der Waals surface area (Å²) in [7, 11) is 0. The van der Waals surface area contributed by atoms with Crippen LogP contribution in [0.4, 0.5) is 0 Å². The quantitative estimate of drug-likeness (QED) is 0.220. The molecular formula is C23H30FeO4. The Kier molecular flexibility index (Phi) is 0.854. The van der Waals surface area contributed by atoms with Gasteiger partial charge in [-0.1, -0.05) is 12.2 Å². The summed E-state index contributed by atoms with van der Waals surface area (Å²) in [5.74, 6) is 1.44. The fourth-order valence-electron chi connectivity index (χ4n) is 19.1. The molecule has 0 N–H and O–H groups in total. The zero-order chi connectivity index (χ0) is 17.8. The van der Waals surface area contributed by atoms with E-state index in [4.69, 9.17) is 18.9 Å². The Morgan fingerprint density at radius 2 is 1.61 bits per heavy atom. The molecule has 0 amide bonds. The molecule has 1 spiro atoms. The standard InChI is InChI=1S/C18H25O4.C5H5.Fe/c1-14(22-17-4-2-3-5-17)20-10-8-19-9-11-21-18-13-15-6-7-16(18)12-15;1-2-4-5-3-1;/h2-7,14-16,18H,8-13H2,1H3;1-5H;. The van der Waals surface area contributed by atoms with Crippen LogP contribution in [-0.2, 0) is 25.5 Å². The van der Waals surface area contributed by atoms with E-state index in [2.05, 4.69) is 19.1 Å². The molecule has 10 aliphatic heterocycles. The first kappa shape index (κ1) is 13.5. The number of ether oxygens (including phenoxy) is 4. The van der Waals surface area contributed by atoms with Gasteiger partial charge < -0.3 is 0 Å². The van der Waals surface area contributed by atoms with Crippen LogP contribution in [0.1, 0.15) is 19.8 Å². The van der Waals surface area contributed by atoms with Gasteiger partial charge in [-0.25, -0.2) is 0 Å². The maximum absolute atomic E-state index is 6.94. The summed E-state index contributed by atoms with van der Waals surface area (Å²) in [6.07, 6.45) is 7.65. The summed E-state index contributed by atoms with van der Waals surface area (Å²) in [6.45, 7) is 1.80. The van der Waals surface area contributed by atoms with E-state index in [0.717, 1.165) is 5.92 Å². The van der Waals surface area contributed by atoms with Gasteiger partial charge in [-0.15, -0.1) is 0 Å². The molecule has 2 aliphatic carbocycles. The first-order chi connectivity index (χ1) is 13.5. The third-order valence-corrected chi connectivity index (χ3v) is 60.1. The van der Waals surface area contributed by atoms with E-state index in [9.17, 15) is 0 Å². The minimum atomic E-state index is -3.09. The number of allylic oxidation sites excluding steroid dienone is 1. The SMILES string of the molecule is CC(OCCOCCOC1CC2C=CC1C2)O[C]12[CH]3[CH]4[CH]5[CH]1[Fe]45321678[CH]2[CH]1[CH]6[CH]7[CH]28. The molecular weight excluding hydrogens is 396 g/mol. The molecule has 0 aromatic rings. The first-order valence-electron chi connectivity index (χ1n) is 11.9. The predicted molar refractivity (Wildman–Crippen MR) is 98.9 cm³/mol. The van der Waals surface area contributed by atoms with Gasteiger partial charge in [0.15, 0.2) is 0 Å². The second-order valence-electron chi connectivity index (χ2n) is 14.5. The molecule has 10 heterocycles. The maximum atomic E-state index is 6.94. The van der Waals surface area contributed by atoms with Gasteiger partial charge in [0.05, 0.1) is 0 Å². The van der Waals surface area contributed by atoms with E-state index in [1.54, 1.807) is 0 Å². The van der Waals surface area contributed by atoms with Gasteiger partial charge >= 0.3 is 131 Å². The molecule has 0 aromatic heterocycles. The Morgan fingerprint density at radius 3 is 2.14 bits per heavy atom. The molecule has 8 atom stereocenters. The van der Waals surface area contributed by atoms with Crippen LogP contribution in [-0.4, -0.2) is 43.3 Å². The monoisotopic (exact) mass is 426 g/mol. The molecule has 5 heteroatoms. The third-order valence-electron chi connectivity index (χ3n) is 18.2. The van der Waals surface area contributed by atoms with Crippen molar-refractivity contribution < 1.29 is 25.5 Å². The van der Waals surface area contributed by atoms with Gasteiger partial charge in [0.2, 0.25) is 0 Å². The number of hydrogen-bond acceptors (Lipinski definition) is 4. The second kappa shape index (κ2) is 1.77. The van der Waals surface area contributed by atoms with E-state index in [0.29, 0.717) is 42.9 Å². The first-order valence-corrected chi connectivity index (χ1v) is 18.2. The molecule has 12 rings (SSSR count). The molecule has 1 saturated carbocycles. The van der Waals surface area contributed by atoms with E-state index in [-0.39, 0.29) is 6.29 Å². The molecule has 154 valence electrons. The summed E-state index contributed by atoms with van der Waals surface area (Å²) in [5.41, 5.74) is 0. The second-order valence-corrected chi connectivity index (χ2v) is 38.0. The average molecular weight is 426 g/mol. The Bertz CT molecular complexity index is 1190. The van der Waals surface area contributed by atoms with Crippen molar-refractivity contribution in [3.63, 3.8) is 0 Å². The number of hydrogen-bond donors (Lipinski definition) is 0. The topological polar surface area (TPSA) is 36.9 Å². The van der Waals surface area contributed by atoms with Crippen LogP contribution < -0.4 is 0 Å². The fraction of sp³-hybridized carbons (Fsp3) is 0.913. The van der Waals surface area contributed by atoms with Crippen molar-refractivity contribution in [2.75, 3.05) is 26.4 Å². The van der Waals surface area contributed by atoms with Gasteiger partial charge in [0.1, 0.15) is 0 Å². The molecule has 11 fully saturated rings. The molecule has 2 bridgehead atoms. The van der Waals surface area contributed by atoms with Crippen molar-refractivity contribution >= 4 is 0 Å². The fourth-order valence-corrected chi connectivity index (χ4v) is 91.6. The van der Waals surface area contributed by atoms with Gasteiger partial charge in [-0.2, -0.15) is 0 Å². The normalized spacial score (nSPS) is 90.0. The molecule has 8 unspecified atom stereocenters. The summed E-state index contributed by atoms with van der Waals surface area (Å²) in [5, 5.41) is 0. The Morgan fingerprint density at radius 1 is 0.893 bits per heavy atom. The molecule has 28 heavy (non-hydrogen) atoms. The van der Waals surface area contributed by atoms with Crippen LogP contribution in [0.5, 0.6) is 0 Å². The van der Waals surface area contributed by atoms with E-state index < -0.39 is 6.51 Å². The zero-order valence-corrected chi connectivity index (χ0v) is 17.5. The van der Waals surface area contributed by atoms with E-state index in [1.165, 1.54) is 56.2 Å². The van der Waals surface area contributed by atoms with Crippen molar-refractivity contribution in [3.8, 4) is 0 Å². The Labute approximate surface area is 156 Å². The summed E-state index contributed by atoms with van der Waals surface area (Å²) in [6, 6.07) is 0. The van der Waals surface area contributed by atoms with Gasteiger partial charge in [0, 0.05) is 0 Å². The predicted octanol–water partition coefficient (Wildman–Crippen LogP) is 4.66. The van der Waals surface area contributed by atoms with Crippen molar-refractivity contribution in [2.24, 2.45) is 11.8 Å². The summed E-state index contributed by atoms with van der Waals surface area (Å²) < 4.78 is 25.3. The van der Waals surface area contributed by atoms with Crippen LogP contribution >= 0.6 is 0 Å². The summed E-state index contributed by atoms with van der Waals surface area (Å²) >= 11 is 0. The van der Waals surface area contributed by atoms with Crippen molar-refractivity contribution in [3.05, 3.63) is 12.2 Å². The third kappa shape index (κ3) is 0.274. The van der Waals surface area contributed by atoms with Crippen LogP contribution in [0, 0.1) is 11.8 Å². The van der Waals surface area contributed by atoms with Crippen LogP contribution in [0.15, 0.2) is 12.2 Å². The number of rotatable bonds is 10. The van der Waals surface area contributed by atoms with Crippen LogP contribution in [0.2, 0.25) is 43.3 Å². The average Bonchev–Trinajstić information content (AvgIpc) is 3.53. The molecule has 0 aromatic carbocycles. The molecule has 10 saturated heterocycles. The van der Waals surface area contributed by atoms with Gasteiger partial charge in [0.25, 0.3) is 0 Å². The Hall–Kier alpha value is 0.0995. The van der Waals surface area contributed by atoms with Crippen molar-refractivity contribution in [1.82, 2.24) is 0 Å². The van der Waals surface area contributed by atoms with Crippen LogP contribution in [0.25, 0.3) is 0 Å². The number of fused-ring (bicyclic) bond motifs is 12. The molecule has 12 aliphatic rings. The van der Waals surface area contributed by atoms with Crippen LogP contribution in [0.3, 0.4) is 0 Å². The Balaban J connectivity index is 0.688. The van der Waals surface area contributed by atoms with Crippen molar-refractivity contribution in [1.29, 1.82) is 0 Å². The van der Waals surface area contributed by atoms with Gasteiger partial charge in [-0.3, -0.25) is 0 Å². The summed E-state index contributed by atoms with van der Waals surface area (Å²) in [4.78, 5) is 11.7.